The van der Waals surface area contributed by atoms with Gasteiger partial charge in [0.2, 0.25) is 0 Å². The molecule has 1 aliphatic carbocycles. The molecule has 2 aromatic carbocycles. The molecule has 1 saturated heterocycles. The molecule has 19 heavy (non-hydrogen) atoms. The zero-order chi connectivity index (χ0) is 12.4. The van der Waals surface area contributed by atoms with Crippen LogP contribution in [0.3, 0.4) is 0 Å². The first-order valence-electron chi connectivity index (χ1n) is 6.67. The summed E-state index contributed by atoms with van der Waals surface area (Å²) in [6.07, 6.45) is 0. The van der Waals surface area contributed by atoms with Gasteiger partial charge in [0.25, 0.3) is 0 Å². The molecule has 0 saturated carbocycles. The Morgan fingerprint density at radius 2 is 1.63 bits per heavy atom. The topological polar surface area (TPSA) is 34.8 Å². The van der Waals surface area contributed by atoms with Gasteiger partial charge in [0.1, 0.15) is 0 Å². The molecule has 1 N–H and O–H groups in total. The van der Waals surface area contributed by atoms with Crippen LogP contribution in [-0.4, -0.2) is 4.98 Å². The van der Waals surface area contributed by atoms with E-state index < -0.39 is 0 Å². The fourth-order valence-electron chi connectivity index (χ4n) is 3.25. The van der Waals surface area contributed by atoms with Crippen LogP contribution in [0.15, 0.2) is 54.6 Å². The van der Waals surface area contributed by atoms with Crippen molar-refractivity contribution in [2.24, 2.45) is 0 Å². The van der Waals surface area contributed by atoms with Gasteiger partial charge in [-0.2, -0.15) is 0 Å². The van der Waals surface area contributed by atoms with Crippen molar-refractivity contribution in [1.29, 1.82) is 0 Å². The Morgan fingerprint density at radius 3 is 2.63 bits per heavy atom. The molecule has 1 aromatic heterocycles. The summed E-state index contributed by atoms with van der Waals surface area (Å²) in [7, 11) is 0. The summed E-state index contributed by atoms with van der Waals surface area (Å²) in [5, 5.41) is 4.80. The number of benzene rings is 2. The Kier molecular flexibility index (Phi) is 1.64. The molecule has 1 fully saturated rings. The Morgan fingerprint density at radius 1 is 0.842 bits per heavy atom. The normalized spacial score (nSPS) is 22.5. The van der Waals surface area contributed by atoms with E-state index in [1.165, 1.54) is 22.1 Å². The second kappa shape index (κ2) is 3.22. The number of rotatable bonds is 0. The van der Waals surface area contributed by atoms with Crippen LogP contribution in [0, 0.1) is 0 Å². The third kappa shape index (κ3) is 1.22. The Hall–Kier alpha value is -2.19. The zero-order valence-electron chi connectivity index (χ0n) is 10.3. The van der Waals surface area contributed by atoms with Gasteiger partial charge in [-0.1, -0.05) is 42.5 Å². The average Bonchev–Trinajstić information content (AvgIpc) is 3.27. The van der Waals surface area contributed by atoms with Crippen LogP contribution in [0.4, 0.5) is 0 Å². The fourth-order valence-corrected chi connectivity index (χ4v) is 3.25. The average molecular weight is 244 g/mol. The van der Waals surface area contributed by atoms with E-state index in [4.69, 9.17) is 4.98 Å². The van der Waals surface area contributed by atoms with Gasteiger partial charge in [0.15, 0.2) is 0 Å². The van der Waals surface area contributed by atoms with Gasteiger partial charge in [0, 0.05) is 10.9 Å². The van der Waals surface area contributed by atoms with Crippen LogP contribution < -0.4 is 5.32 Å². The zero-order valence-corrected chi connectivity index (χ0v) is 10.3. The van der Waals surface area contributed by atoms with E-state index >= 15 is 0 Å². The Bertz CT molecular complexity index is 822. The standard InChI is InChI=1S/C17H12N2/c1-4-8-14-10(5-1)9-13-15(18-14)11-6-2-3-7-12(11)16-17(13)19-16/h1-9,16-17,19H. The number of hydrogen-bond acceptors (Lipinski definition) is 2. The fraction of sp³-hybridized carbons (Fsp3) is 0.118. The molecular weight excluding hydrogens is 232 g/mol. The van der Waals surface area contributed by atoms with Crippen molar-refractivity contribution in [1.82, 2.24) is 10.3 Å². The molecule has 2 heteroatoms. The lowest BCUT2D eigenvalue weighted by molar-refractivity contribution is 0.993. The molecule has 2 heterocycles. The maximum atomic E-state index is 4.89. The molecule has 0 radical (unpaired) electrons. The number of nitrogens with zero attached hydrogens (tertiary/aromatic N) is 1. The lowest BCUT2D eigenvalue weighted by Crippen LogP contribution is -2.01. The van der Waals surface area contributed by atoms with Crippen molar-refractivity contribution in [3.05, 3.63) is 65.7 Å². The van der Waals surface area contributed by atoms with Crippen molar-refractivity contribution in [2.75, 3.05) is 0 Å². The van der Waals surface area contributed by atoms with Gasteiger partial charge in [-0.05, 0) is 23.3 Å². The molecule has 5 rings (SSSR count). The molecule has 90 valence electrons. The highest BCUT2D eigenvalue weighted by Gasteiger charge is 2.45. The minimum Gasteiger partial charge on any atom is -0.300 e. The van der Waals surface area contributed by atoms with Crippen LogP contribution in [0.25, 0.3) is 22.2 Å². The first-order chi connectivity index (χ1) is 9.42. The summed E-state index contributed by atoms with van der Waals surface area (Å²) in [6, 6.07) is 20.2. The van der Waals surface area contributed by atoms with Crippen molar-refractivity contribution < 1.29 is 0 Å². The number of hydrogen-bond donors (Lipinski definition) is 1. The molecule has 0 bridgehead atoms. The largest absolute Gasteiger partial charge is 0.300 e. The van der Waals surface area contributed by atoms with Crippen LogP contribution in [0.5, 0.6) is 0 Å². The van der Waals surface area contributed by atoms with Crippen LogP contribution in [0.1, 0.15) is 23.2 Å². The van der Waals surface area contributed by atoms with Crippen molar-refractivity contribution in [2.45, 2.75) is 12.1 Å². The third-order valence-corrected chi connectivity index (χ3v) is 4.22. The van der Waals surface area contributed by atoms with Gasteiger partial charge < -0.3 is 0 Å². The molecular formula is C17H12N2. The number of aromatic nitrogens is 1. The SMILES string of the molecule is c1ccc2c(c1)-c1nc3ccccc3cc1C1NC21. The van der Waals surface area contributed by atoms with Crippen molar-refractivity contribution in [3.8, 4) is 11.3 Å². The smallest absolute Gasteiger partial charge is 0.0761 e. The summed E-state index contributed by atoms with van der Waals surface area (Å²) < 4.78 is 0. The molecule has 0 spiro atoms. The van der Waals surface area contributed by atoms with Crippen LogP contribution in [0.2, 0.25) is 0 Å². The van der Waals surface area contributed by atoms with Crippen LogP contribution in [-0.2, 0) is 0 Å². The Labute approximate surface area is 111 Å². The number of nitrogens with one attached hydrogen (secondary N) is 1. The minimum absolute atomic E-state index is 0.460. The highest BCUT2D eigenvalue weighted by molar-refractivity contribution is 5.86. The quantitative estimate of drug-likeness (QED) is 0.613. The minimum atomic E-state index is 0.460. The maximum Gasteiger partial charge on any atom is 0.0761 e. The summed E-state index contributed by atoms with van der Waals surface area (Å²) >= 11 is 0. The van der Waals surface area contributed by atoms with Crippen molar-refractivity contribution in [3.63, 3.8) is 0 Å². The van der Waals surface area contributed by atoms with E-state index in [9.17, 15) is 0 Å². The third-order valence-electron chi connectivity index (χ3n) is 4.22. The van der Waals surface area contributed by atoms with E-state index in [-0.39, 0.29) is 0 Å². The lowest BCUT2D eigenvalue weighted by Gasteiger charge is -2.17. The van der Waals surface area contributed by atoms with Crippen LogP contribution >= 0.6 is 0 Å². The molecule has 3 aromatic rings. The van der Waals surface area contributed by atoms with Gasteiger partial charge in [0.05, 0.1) is 23.3 Å². The summed E-state index contributed by atoms with van der Waals surface area (Å²) in [4.78, 5) is 4.89. The summed E-state index contributed by atoms with van der Waals surface area (Å²) in [6.45, 7) is 0. The first kappa shape index (κ1) is 9.70. The Balaban J connectivity index is 1.90. The molecule has 1 aliphatic heterocycles. The number of para-hydroxylation sites is 1. The molecule has 2 nitrogen and oxygen atoms in total. The van der Waals surface area contributed by atoms with Crippen molar-refractivity contribution >= 4 is 10.9 Å². The predicted molar refractivity (Wildman–Crippen MR) is 75.8 cm³/mol. The lowest BCUT2D eigenvalue weighted by atomic mass is 9.88. The number of pyridine rings is 1. The monoisotopic (exact) mass is 244 g/mol. The van der Waals surface area contributed by atoms with E-state index in [1.54, 1.807) is 0 Å². The second-order valence-corrected chi connectivity index (χ2v) is 5.33. The molecule has 0 amide bonds. The predicted octanol–water partition coefficient (Wildman–Crippen LogP) is 3.60. The van der Waals surface area contributed by atoms with Gasteiger partial charge >= 0.3 is 0 Å². The summed E-state index contributed by atoms with van der Waals surface area (Å²) in [5.74, 6) is 0. The van der Waals surface area contributed by atoms with E-state index in [0.29, 0.717) is 12.1 Å². The van der Waals surface area contributed by atoms with E-state index in [1.807, 2.05) is 0 Å². The van der Waals surface area contributed by atoms with Gasteiger partial charge in [-0.15, -0.1) is 0 Å². The molecule has 2 atom stereocenters. The second-order valence-electron chi connectivity index (χ2n) is 5.33. The highest BCUT2D eigenvalue weighted by atomic mass is 15.2. The van der Waals surface area contributed by atoms with Gasteiger partial charge in [-0.25, -0.2) is 4.98 Å². The number of fused-ring (bicyclic) bond motifs is 7. The molecule has 2 unspecified atom stereocenters. The van der Waals surface area contributed by atoms with E-state index in [2.05, 4.69) is 59.9 Å². The first-order valence-corrected chi connectivity index (χ1v) is 6.67. The van der Waals surface area contributed by atoms with Gasteiger partial charge in [-0.3, -0.25) is 5.32 Å². The molecule has 2 aliphatic rings. The summed E-state index contributed by atoms with van der Waals surface area (Å²) in [5.41, 5.74) is 6.26. The highest BCUT2D eigenvalue weighted by Crippen LogP contribution is 2.52. The van der Waals surface area contributed by atoms with E-state index in [0.717, 1.165) is 11.2 Å². The maximum absolute atomic E-state index is 4.89.